The summed E-state index contributed by atoms with van der Waals surface area (Å²) in [5.41, 5.74) is 0. The lowest BCUT2D eigenvalue weighted by Gasteiger charge is -2.40. The lowest BCUT2D eigenvalue weighted by molar-refractivity contribution is 0.343. The molecule has 1 fully saturated rings. The molecule has 1 aromatic heterocycles. The van der Waals surface area contributed by atoms with Crippen LogP contribution in [-0.4, -0.2) is 43.7 Å². The van der Waals surface area contributed by atoms with Crippen molar-refractivity contribution < 1.29 is 4.74 Å². The van der Waals surface area contributed by atoms with E-state index >= 15 is 0 Å². The number of thioether (sulfide) groups is 1. The van der Waals surface area contributed by atoms with E-state index in [1.807, 2.05) is 30.8 Å². The van der Waals surface area contributed by atoms with E-state index in [9.17, 15) is 0 Å². The number of rotatable bonds is 7. The van der Waals surface area contributed by atoms with E-state index < -0.39 is 0 Å². The Hall–Kier alpha value is -0.460. The van der Waals surface area contributed by atoms with Gasteiger partial charge in [-0.15, -0.1) is 0 Å². The van der Waals surface area contributed by atoms with E-state index in [2.05, 4.69) is 16.6 Å². The van der Waals surface area contributed by atoms with Crippen LogP contribution in [0.5, 0.6) is 5.88 Å². The maximum atomic E-state index is 5.35. The van der Waals surface area contributed by atoms with Crippen LogP contribution in [0.25, 0.3) is 0 Å². The van der Waals surface area contributed by atoms with Crippen molar-refractivity contribution in [2.24, 2.45) is 0 Å². The maximum Gasteiger partial charge on any atom is 0.230 e. The fourth-order valence-corrected chi connectivity index (χ4v) is 4.08. The summed E-state index contributed by atoms with van der Waals surface area (Å²) in [7, 11) is 5.70. The lowest BCUT2D eigenvalue weighted by Crippen LogP contribution is -2.43. The van der Waals surface area contributed by atoms with Gasteiger partial charge in [-0.25, -0.2) is 0 Å². The predicted molar refractivity (Wildman–Crippen MR) is 84.8 cm³/mol. The van der Waals surface area contributed by atoms with Gasteiger partial charge < -0.3 is 15.0 Å². The highest BCUT2D eigenvalue weighted by Gasteiger charge is 2.35. The molecule has 0 amide bonds. The number of hydrogen-bond acceptors (Lipinski definition) is 6. The molecule has 0 bridgehead atoms. The first-order valence-corrected chi connectivity index (χ1v) is 8.61. The van der Waals surface area contributed by atoms with Crippen molar-refractivity contribution in [3.05, 3.63) is 4.88 Å². The summed E-state index contributed by atoms with van der Waals surface area (Å²) in [5, 5.41) is 4.57. The third kappa shape index (κ3) is 3.35. The Morgan fingerprint density at radius 3 is 2.68 bits per heavy atom. The topological polar surface area (TPSA) is 37.4 Å². The standard InChI is InChI=1S/C13H23N3OS2/c1-16(2)12-15-11(17-3)10(19-12)8-14-9-13(18-4)6-5-7-13/h14H,5-9H2,1-4H3. The summed E-state index contributed by atoms with van der Waals surface area (Å²) in [5.74, 6) is 0.757. The molecule has 4 nitrogen and oxygen atoms in total. The molecular formula is C13H23N3OS2. The van der Waals surface area contributed by atoms with E-state index in [1.165, 1.54) is 24.1 Å². The summed E-state index contributed by atoms with van der Waals surface area (Å²) in [6.07, 6.45) is 6.27. The van der Waals surface area contributed by atoms with Gasteiger partial charge in [0.25, 0.3) is 0 Å². The average molecular weight is 301 g/mol. The normalized spacial score (nSPS) is 17.1. The van der Waals surface area contributed by atoms with Gasteiger partial charge in [0.1, 0.15) is 0 Å². The predicted octanol–water partition coefficient (Wildman–Crippen LogP) is 2.59. The van der Waals surface area contributed by atoms with Gasteiger partial charge >= 0.3 is 0 Å². The van der Waals surface area contributed by atoms with Crippen LogP contribution in [0.4, 0.5) is 5.13 Å². The SMILES string of the molecule is COc1nc(N(C)C)sc1CNCC1(SC)CCC1. The van der Waals surface area contributed by atoms with Crippen LogP contribution in [-0.2, 0) is 6.54 Å². The van der Waals surface area contributed by atoms with Crippen LogP contribution in [0.3, 0.4) is 0 Å². The van der Waals surface area contributed by atoms with Gasteiger partial charge in [-0.1, -0.05) is 17.8 Å². The second-order valence-corrected chi connectivity index (χ2v) is 7.50. The van der Waals surface area contributed by atoms with E-state index in [-0.39, 0.29) is 0 Å². The van der Waals surface area contributed by atoms with Crippen molar-refractivity contribution in [2.75, 3.05) is 38.9 Å². The van der Waals surface area contributed by atoms with Gasteiger partial charge in [0.15, 0.2) is 5.13 Å². The van der Waals surface area contributed by atoms with Crippen molar-refractivity contribution >= 4 is 28.2 Å². The number of nitrogens with one attached hydrogen (secondary N) is 1. The Morgan fingerprint density at radius 1 is 1.47 bits per heavy atom. The molecule has 0 radical (unpaired) electrons. The van der Waals surface area contributed by atoms with Crippen molar-refractivity contribution in [1.82, 2.24) is 10.3 Å². The third-order valence-electron chi connectivity index (χ3n) is 3.66. The molecular weight excluding hydrogens is 278 g/mol. The highest BCUT2D eigenvalue weighted by molar-refractivity contribution is 8.00. The minimum atomic E-state index is 0.475. The van der Waals surface area contributed by atoms with Crippen LogP contribution in [0.15, 0.2) is 0 Å². The molecule has 1 aromatic rings. The Labute approximate surface area is 123 Å². The van der Waals surface area contributed by atoms with Crippen LogP contribution < -0.4 is 15.0 Å². The summed E-state index contributed by atoms with van der Waals surface area (Å²) in [4.78, 5) is 7.68. The Bertz CT molecular complexity index is 411. The fraction of sp³-hybridized carbons (Fsp3) is 0.769. The molecule has 108 valence electrons. The van der Waals surface area contributed by atoms with Gasteiger partial charge in [-0.3, -0.25) is 0 Å². The summed E-state index contributed by atoms with van der Waals surface area (Å²) in [6, 6.07) is 0. The number of ether oxygens (including phenoxy) is 1. The summed E-state index contributed by atoms with van der Waals surface area (Å²) in [6.45, 7) is 1.92. The zero-order chi connectivity index (χ0) is 13.9. The molecule has 1 heterocycles. The molecule has 6 heteroatoms. The number of thiazole rings is 1. The monoisotopic (exact) mass is 301 g/mol. The van der Waals surface area contributed by atoms with E-state index in [1.54, 1.807) is 18.4 Å². The van der Waals surface area contributed by atoms with Gasteiger partial charge in [-0.05, 0) is 19.1 Å². The second-order valence-electron chi connectivity index (χ2n) is 5.17. The van der Waals surface area contributed by atoms with Gasteiger partial charge in [0.05, 0.1) is 12.0 Å². The molecule has 0 aromatic carbocycles. The number of aromatic nitrogens is 1. The van der Waals surface area contributed by atoms with Crippen LogP contribution >= 0.6 is 23.1 Å². The van der Waals surface area contributed by atoms with E-state index in [0.29, 0.717) is 4.75 Å². The Morgan fingerprint density at radius 2 is 2.21 bits per heavy atom. The molecule has 1 saturated carbocycles. The van der Waals surface area contributed by atoms with Crippen molar-refractivity contribution in [3.8, 4) is 5.88 Å². The first-order valence-electron chi connectivity index (χ1n) is 6.57. The smallest absolute Gasteiger partial charge is 0.230 e. The van der Waals surface area contributed by atoms with Crippen LogP contribution in [0, 0.1) is 0 Å². The number of methoxy groups -OCH3 is 1. The highest BCUT2D eigenvalue weighted by atomic mass is 32.2. The van der Waals surface area contributed by atoms with Gasteiger partial charge in [0.2, 0.25) is 5.88 Å². The van der Waals surface area contributed by atoms with Crippen molar-refractivity contribution in [2.45, 2.75) is 30.6 Å². The maximum absolute atomic E-state index is 5.35. The zero-order valence-electron chi connectivity index (χ0n) is 12.2. The molecule has 19 heavy (non-hydrogen) atoms. The Balaban J connectivity index is 1.91. The number of anilines is 1. The van der Waals surface area contributed by atoms with Crippen molar-refractivity contribution in [3.63, 3.8) is 0 Å². The number of nitrogens with zero attached hydrogens (tertiary/aromatic N) is 2. The first-order chi connectivity index (χ1) is 9.10. The number of hydrogen-bond donors (Lipinski definition) is 1. The fourth-order valence-electron chi connectivity index (χ4n) is 2.22. The molecule has 1 aliphatic carbocycles. The molecule has 1 aliphatic rings. The van der Waals surface area contributed by atoms with Crippen molar-refractivity contribution in [1.29, 1.82) is 0 Å². The van der Waals surface area contributed by atoms with Crippen LogP contribution in [0.2, 0.25) is 0 Å². The van der Waals surface area contributed by atoms with E-state index in [4.69, 9.17) is 4.74 Å². The first kappa shape index (κ1) is 14.9. The lowest BCUT2D eigenvalue weighted by atomic mass is 9.84. The van der Waals surface area contributed by atoms with Crippen LogP contribution in [0.1, 0.15) is 24.1 Å². The molecule has 0 aliphatic heterocycles. The molecule has 0 unspecified atom stereocenters. The van der Waals surface area contributed by atoms with Gasteiger partial charge in [-0.2, -0.15) is 16.7 Å². The average Bonchev–Trinajstić information content (AvgIpc) is 2.76. The quantitative estimate of drug-likeness (QED) is 0.838. The molecule has 2 rings (SSSR count). The highest BCUT2D eigenvalue weighted by Crippen LogP contribution is 2.42. The van der Waals surface area contributed by atoms with E-state index in [0.717, 1.165) is 24.1 Å². The Kier molecular flexibility index (Phi) is 4.97. The second kappa shape index (κ2) is 6.33. The summed E-state index contributed by atoms with van der Waals surface area (Å²) >= 11 is 3.70. The third-order valence-corrected chi connectivity index (χ3v) is 6.28. The molecule has 0 saturated heterocycles. The summed E-state index contributed by atoms with van der Waals surface area (Å²) < 4.78 is 5.83. The molecule has 1 N–H and O–H groups in total. The largest absolute Gasteiger partial charge is 0.480 e. The van der Waals surface area contributed by atoms with Gasteiger partial charge in [0, 0.05) is 31.9 Å². The minimum absolute atomic E-state index is 0.475. The minimum Gasteiger partial charge on any atom is -0.480 e. The molecule has 0 spiro atoms. The molecule has 0 atom stereocenters. The zero-order valence-corrected chi connectivity index (χ0v) is 13.8.